The second kappa shape index (κ2) is 5.80. The highest BCUT2D eigenvalue weighted by Crippen LogP contribution is 2.18. The van der Waals surface area contributed by atoms with Gasteiger partial charge in [0.1, 0.15) is 0 Å². The first kappa shape index (κ1) is 11.3. The number of ether oxygens (including phenoxy) is 3. The zero-order valence-electron chi connectivity index (χ0n) is 9.06. The van der Waals surface area contributed by atoms with E-state index in [9.17, 15) is 5.11 Å². The van der Waals surface area contributed by atoms with Crippen molar-refractivity contribution in [1.82, 2.24) is 0 Å². The second-order valence-electron chi connectivity index (χ2n) is 4.34. The van der Waals surface area contributed by atoms with Crippen LogP contribution in [0.15, 0.2) is 0 Å². The van der Waals surface area contributed by atoms with Crippen molar-refractivity contribution < 1.29 is 19.3 Å². The van der Waals surface area contributed by atoms with E-state index in [-0.39, 0.29) is 18.1 Å². The fourth-order valence-corrected chi connectivity index (χ4v) is 2.07. The third-order valence-electron chi connectivity index (χ3n) is 3.18. The predicted octanol–water partition coefficient (Wildman–Crippen LogP) is 0.579. The molecule has 0 aliphatic carbocycles. The van der Waals surface area contributed by atoms with E-state index in [0.717, 1.165) is 39.1 Å². The van der Waals surface area contributed by atoms with Gasteiger partial charge in [0.25, 0.3) is 0 Å². The van der Waals surface area contributed by atoms with E-state index in [4.69, 9.17) is 14.2 Å². The number of rotatable bonds is 4. The Hall–Kier alpha value is -0.160. The summed E-state index contributed by atoms with van der Waals surface area (Å²) in [6, 6.07) is 0. The maximum atomic E-state index is 9.84. The van der Waals surface area contributed by atoms with Crippen LogP contribution in [0.1, 0.15) is 19.3 Å². The number of hydrogen-bond donors (Lipinski definition) is 1. The van der Waals surface area contributed by atoms with E-state index in [1.54, 1.807) is 0 Å². The molecule has 2 heterocycles. The van der Waals surface area contributed by atoms with Crippen molar-refractivity contribution in [2.75, 3.05) is 33.0 Å². The van der Waals surface area contributed by atoms with Crippen molar-refractivity contribution >= 4 is 0 Å². The highest BCUT2D eigenvalue weighted by molar-refractivity contribution is 4.73. The summed E-state index contributed by atoms with van der Waals surface area (Å²) in [6.45, 7) is 3.47. The van der Waals surface area contributed by atoms with Crippen LogP contribution >= 0.6 is 0 Å². The zero-order chi connectivity index (χ0) is 10.5. The Labute approximate surface area is 90.5 Å². The molecule has 2 unspecified atom stereocenters. The monoisotopic (exact) mass is 216 g/mol. The summed E-state index contributed by atoms with van der Waals surface area (Å²) in [7, 11) is 0. The van der Waals surface area contributed by atoms with Crippen LogP contribution in [-0.4, -0.2) is 50.3 Å². The molecular weight excluding hydrogens is 196 g/mol. The summed E-state index contributed by atoms with van der Waals surface area (Å²) in [5.74, 6) is 0.268. The zero-order valence-corrected chi connectivity index (χ0v) is 9.06. The molecule has 15 heavy (non-hydrogen) atoms. The molecule has 0 saturated carbocycles. The van der Waals surface area contributed by atoms with E-state index in [0.29, 0.717) is 13.2 Å². The van der Waals surface area contributed by atoms with Gasteiger partial charge in [0, 0.05) is 25.7 Å². The first-order valence-corrected chi connectivity index (χ1v) is 5.81. The van der Waals surface area contributed by atoms with Gasteiger partial charge in [-0.05, 0) is 19.3 Å². The number of aliphatic hydroxyl groups is 1. The average Bonchev–Trinajstić information content (AvgIpc) is 2.81. The molecule has 0 spiro atoms. The van der Waals surface area contributed by atoms with Crippen LogP contribution in [0.4, 0.5) is 0 Å². The Morgan fingerprint density at radius 2 is 1.87 bits per heavy atom. The lowest BCUT2D eigenvalue weighted by Gasteiger charge is -2.25. The summed E-state index contributed by atoms with van der Waals surface area (Å²) >= 11 is 0. The molecule has 2 rings (SSSR count). The third-order valence-corrected chi connectivity index (χ3v) is 3.18. The van der Waals surface area contributed by atoms with Crippen LogP contribution in [0.25, 0.3) is 0 Å². The Balaban J connectivity index is 1.63. The predicted molar refractivity (Wildman–Crippen MR) is 54.7 cm³/mol. The van der Waals surface area contributed by atoms with Crippen molar-refractivity contribution in [3.63, 3.8) is 0 Å². The van der Waals surface area contributed by atoms with Crippen LogP contribution in [-0.2, 0) is 14.2 Å². The highest BCUT2D eigenvalue weighted by Gasteiger charge is 2.25. The van der Waals surface area contributed by atoms with Gasteiger partial charge in [0.2, 0.25) is 0 Å². The largest absolute Gasteiger partial charge is 0.390 e. The van der Waals surface area contributed by atoms with Crippen LogP contribution in [0, 0.1) is 5.92 Å². The van der Waals surface area contributed by atoms with Gasteiger partial charge in [0.05, 0.1) is 25.4 Å². The highest BCUT2D eigenvalue weighted by atomic mass is 16.5. The molecule has 2 aliphatic heterocycles. The topological polar surface area (TPSA) is 47.9 Å². The minimum Gasteiger partial charge on any atom is -0.390 e. The number of hydrogen-bond acceptors (Lipinski definition) is 4. The average molecular weight is 216 g/mol. The smallest absolute Gasteiger partial charge is 0.0824 e. The second-order valence-corrected chi connectivity index (χ2v) is 4.34. The lowest BCUT2D eigenvalue weighted by molar-refractivity contribution is -0.0706. The van der Waals surface area contributed by atoms with Crippen LogP contribution in [0.2, 0.25) is 0 Å². The molecule has 0 bridgehead atoms. The van der Waals surface area contributed by atoms with Gasteiger partial charge in [-0.3, -0.25) is 0 Å². The van der Waals surface area contributed by atoms with Crippen molar-refractivity contribution in [2.24, 2.45) is 5.92 Å². The van der Waals surface area contributed by atoms with E-state index >= 15 is 0 Å². The summed E-state index contributed by atoms with van der Waals surface area (Å²) in [5, 5.41) is 9.84. The van der Waals surface area contributed by atoms with Gasteiger partial charge < -0.3 is 19.3 Å². The van der Waals surface area contributed by atoms with Crippen molar-refractivity contribution in [1.29, 1.82) is 0 Å². The molecule has 4 nitrogen and oxygen atoms in total. The Bertz CT molecular complexity index is 173. The Morgan fingerprint density at radius 1 is 1.13 bits per heavy atom. The molecule has 2 saturated heterocycles. The SMILES string of the molecule is OC(COC1CCOCC1)C1CCOC1. The molecule has 0 aromatic carbocycles. The van der Waals surface area contributed by atoms with Crippen LogP contribution in [0.3, 0.4) is 0 Å². The molecule has 2 atom stereocenters. The summed E-state index contributed by atoms with van der Waals surface area (Å²) in [4.78, 5) is 0. The minimum absolute atomic E-state index is 0.268. The molecule has 2 fully saturated rings. The van der Waals surface area contributed by atoms with Gasteiger partial charge in [-0.25, -0.2) is 0 Å². The normalized spacial score (nSPS) is 30.6. The first-order valence-electron chi connectivity index (χ1n) is 5.81. The van der Waals surface area contributed by atoms with Gasteiger partial charge in [-0.1, -0.05) is 0 Å². The van der Waals surface area contributed by atoms with Gasteiger partial charge in [0.15, 0.2) is 0 Å². The maximum absolute atomic E-state index is 9.84. The molecule has 2 aliphatic rings. The Kier molecular flexibility index (Phi) is 4.38. The van der Waals surface area contributed by atoms with E-state index < -0.39 is 0 Å². The molecule has 4 heteroatoms. The molecule has 0 aromatic heterocycles. The van der Waals surface area contributed by atoms with Gasteiger partial charge >= 0.3 is 0 Å². The molecule has 0 aromatic rings. The lowest BCUT2D eigenvalue weighted by Crippen LogP contribution is -2.31. The van der Waals surface area contributed by atoms with Crippen molar-refractivity contribution in [2.45, 2.75) is 31.5 Å². The summed E-state index contributed by atoms with van der Waals surface area (Å²) in [5.41, 5.74) is 0. The van der Waals surface area contributed by atoms with E-state index in [2.05, 4.69) is 0 Å². The van der Waals surface area contributed by atoms with Crippen LogP contribution in [0.5, 0.6) is 0 Å². The van der Waals surface area contributed by atoms with E-state index in [1.165, 1.54) is 0 Å². The molecule has 1 N–H and O–H groups in total. The first-order chi connectivity index (χ1) is 7.36. The van der Waals surface area contributed by atoms with Crippen molar-refractivity contribution in [3.8, 4) is 0 Å². The van der Waals surface area contributed by atoms with Gasteiger partial charge in [-0.2, -0.15) is 0 Å². The fourth-order valence-electron chi connectivity index (χ4n) is 2.07. The quantitative estimate of drug-likeness (QED) is 0.746. The molecule has 0 radical (unpaired) electrons. The van der Waals surface area contributed by atoms with Gasteiger partial charge in [-0.15, -0.1) is 0 Å². The molecule has 0 amide bonds. The molecular formula is C11H20O4. The summed E-state index contributed by atoms with van der Waals surface area (Å²) < 4.78 is 16.1. The maximum Gasteiger partial charge on any atom is 0.0824 e. The van der Waals surface area contributed by atoms with Crippen molar-refractivity contribution in [3.05, 3.63) is 0 Å². The fraction of sp³-hybridized carbons (Fsp3) is 1.00. The Morgan fingerprint density at radius 3 is 2.53 bits per heavy atom. The summed E-state index contributed by atoms with van der Waals surface area (Å²) in [6.07, 6.45) is 2.77. The van der Waals surface area contributed by atoms with Crippen LogP contribution < -0.4 is 0 Å². The standard InChI is InChI=1S/C11H20O4/c12-11(9-1-4-14-7-9)8-15-10-2-5-13-6-3-10/h9-12H,1-8H2. The lowest BCUT2D eigenvalue weighted by atomic mass is 10.0. The van der Waals surface area contributed by atoms with E-state index in [1.807, 2.05) is 0 Å². The number of aliphatic hydroxyl groups excluding tert-OH is 1. The molecule has 88 valence electrons. The third kappa shape index (κ3) is 3.41. The minimum atomic E-state index is -0.365.